The lowest BCUT2D eigenvalue weighted by Crippen LogP contribution is -2.25. The van der Waals surface area contributed by atoms with E-state index in [0.29, 0.717) is 10.6 Å². The van der Waals surface area contributed by atoms with Crippen LogP contribution < -0.4 is 5.32 Å². The molecule has 0 saturated carbocycles. The zero-order valence-electron chi connectivity index (χ0n) is 18.3. The van der Waals surface area contributed by atoms with Gasteiger partial charge in [0.25, 0.3) is 5.91 Å². The van der Waals surface area contributed by atoms with Crippen LogP contribution in [0.25, 0.3) is 22.0 Å². The van der Waals surface area contributed by atoms with Crippen molar-refractivity contribution >= 4 is 39.9 Å². The number of carbonyl (C=O) groups excluding carboxylic acids is 1. The quantitative estimate of drug-likeness (QED) is 0.400. The van der Waals surface area contributed by atoms with E-state index in [9.17, 15) is 4.79 Å². The molecule has 0 saturated heterocycles. The van der Waals surface area contributed by atoms with Gasteiger partial charge in [-0.3, -0.25) is 14.8 Å². The van der Waals surface area contributed by atoms with Crippen molar-refractivity contribution in [3.8, 4) is 11.1 Å². The molecule has 0 radical (unpaired) electrons. The Morgan fingerprint density at radius 1 is 0.970 bits per heavy atom. The van der Waals surface area contributed by atoms with Crippen LogP contribution in [0, 0.1) is 0 Å². The fourth-order valence-corrected chi connectivity index (χ4v) is 4.10. The number of pyridine rings is 1. The van der Waals surface area contributed by atoms with Gasteiger partial charge in [-0.1, -0.05) is 41.9 Å². The first-order valence-electron chi connectivity index (χ1n) is 10.9. The minimum Gasteiger partial charge on any atom is -0.353 e. The van der Waals surface area contributed by atoms with Crippen LogP contribution in [-0.4, -0.2) is 34.7 Å². The number of aromatic nitrogens is 1. The fourth-order valence-electron chi connectivity index (χ4n) is 3.98. The third kappa shape index (κ3) is 4.73. The molecule has 33 heavy (non-hydrogen) atoms. The number of carbonyl (C=O) groups is 1. The third-order valence-electron chi connectivity index (χ3n) is 5.85. The Hall–Kier alpha value is -3.70. The average Bonchev–Trinajstić information content (AvgIpc) is 3.24. The lowest BCUT2D eigenvalue weighted by atomic mass is 10.0. The van der Waals surface area contributed by atoms with Gasteiger partial charge >= 0.3 is 0 Å². The van der Waals surface area contributed by atoms with Gasteiger partial charge in [0, 0.05) is 28.2 Å². The van der Waals surface area contributed by atoms with Crippen molar-refractivity contribution in [3.05, 3.63) is 95.1 Å². The van der Waals surface area contributed by atoms with Crippen LogP contribution in [-0.2, 0) is 6.54 Å². The van der Waals surface area contributed by atoms with E-state index in [1.807, 2.05) is 79.7 Å². The number of hydrogen-bond acceptors (Lipinski definition) is 4. The van der Waals surface area contributed by atoms with E-state index in [1.54, 1.807) is 0 Å². The fraction of sp³-hybridized carbons (Fsp3) is 0.148. The Labute approximate surface area is 197 Å². The maximum Gasteiger partial charge on any atom is 0.255 e. The van der Waals surface area contributed by atoms with Gasteiger partial charge < -0.3 is 10.2 Å². The molecule has 1 amide bonds. The second kappa shape index (κ2) is 9.04. The summed E-state index contributed by atoms with van der Waals surface area (Å²) in [5.41, 5.74) is 5.35. The van der Waals surface area contributed by atoms with Crippen molar-refractivity contribution < 1.29 is 4.79 Å². The van der Waals surface area contributed by atoms with E-state index < -0.39 is 0 Å². The van der Waals surface area contributed by atoms with E-state index in [4.69, 9.17) is 16.6 Å². The molecule has 3 aromatic carbocycles. The number of nitrogens with one attached hydrogen (secondary N) is 1. The number of anilines is 1. The molecule has 1 aromatic heterocycles. The van der Waals surface area contributed by atoms with Gasteiger partial charge in [-0.2, -0.15) is 0 Å². The van der Waals surface area contributed by atoms with Gasteiger partial charge in [0.1, 0.15) is 0 Å². The van der Waals surface area contributed by atoms with Crippen molar-refractivity contribution in [2.24, 2.45) is 4.99 Å². The van der Waals surface area contributed by atoms with E-state index in [1.165, 1.54) is 0 Å². The van der Waals surface area contributed by atoms with E-state index in [2.05, 4.69) is 21.3 Å². The Balaban J connectivity index is 1.28. The van der Waals surface area contributed by atoms with E-state index >= 15 is 0 Å². The predicted octanol–water partition coefficient (Wildman–Crippen LogP) is 6.04. The Kier molecular flexibility index (Phi) is 5.80. The third-order valence-corrected chi connectivity index (χ3v) is 6.10. The molecule has 5 rings (SSSR count). The number of aliphatic imine (C=N–C) groups is 1. The summed E-state index contributed by atoms with van der Waals surface area (Å²) >= 11 is 5.96. The van der Waals surface area contributed by atoms with Crippen molar-refractivity contribution in [1.29, 1.82) is 0 Å². The summed E-state index contributed by atoms with van der Waals surface area (Å²) in [5.74, 6) is 0.918. The number of amidine groups is 1. The normalized spacial score (nSPS) is 13.3. The van der Waals surface area contributed by atoms with Gasteiger partial charge in [-0.05, 0) is 66.6 Å². The van der Waals surface area contributed by atoms with E-state index in [-0.39, 0.29) is 5.91 Å². The Morgan fingerprint density at radius 3 is 2.39 bits per heavy atom. The molecule has 1 aliphatic heterocycles. The Bertz CT molecular complexity index is 1350. The molecular formula is C27H23ClN4O. The standard InChI is InChI=1S/C27H23ClN4O/c1-18-29-14-15-32(18)17-25-11-8-22-16-24(12-13-26(22)30-25)31-27(33)21-4-2-19(3-5-21)20-6-9-23(28)10-7-20/h2-13,16H,14-15,17H2,1H3,(H,31,33). The first kappa shape index (κ1) is 21.2. The minimum atomic E-state index is -0.148. The first-order chi connectivity index (χ1) is 16.0. The van der Waals surface area contributed by atoms with Gasteiger partial charge in [0.05, 0.1) is 30.1 Å². The summed E-state index contributed by atoms with van der Waals surface area (Å²) in [7, 11) is 0. The molecule has 5 nitrogen and oxygen atoms in total. The van der Waals surface area contributed by atoms with Gasteiger partial charge in [-0.15, -0.1) is 0 Å². The molecule has 0 aliphatic carbocycles. The average molecular weight is 455 g/mol. The highest BCUT2D eigenvalue weighted by Gasteiger charge is 2.14. The minimum absolute atomic E-state index is 0.148. The molecule has 1 aliphatic rings. The molecule has 0 fully saturated rings. The predicted molar refractivity (Wildman–Crippen MR) is 135 cm³/mol. The van der Waals surface area contributed by atoms with Crippen LogP contribution in [0.3, 0.4) is 0 Å². The summed E-state index contributed by atoms with van der Waals surface area (Å²) in [6.07, 6.45) is 0. The van der Waals surface area contributed by atoms with Crippen LogP contribution in [0.5, 0.6) is 0 Å². The summed E-state index contributed by atoms with van der Waals surface area (Å²) in [4.78, 5) is 24.2. The highest BCUT2D eigenvalue weighted by molar-refractivity contribution is 6.30. The zero-order chi connectivity index (χ0) is 22.8. The number of nitrogens with zero attached hydrogens (tertiary/aromatic N) is 3. The summed E-state index contributed by atoms with van der Waals surface area (Å²) < 4.78 is 0. The second-order valence-corrected chi connectivity index (χ2v) is 8.54. The molecule has 2 heterocycles. The lowest BCUT2D eigenvalue weighted by Gasteiger charge is -2.17. The van der Waals surface area contributed by atoms with Crippen molar-refractivity contribution in [2.75, 3.05) is 18.4 Å². The molecule has 0 atom stereocenters. The van der Waals surface area contributed by atoms with Crippen LogP contribution in [0.4, 0.5) is 5.69 Å². The molecule has 4 aromatic rings. The molecular weight excluding hydrogens is 432 g/mol. The molecule has 0 spiro atoms. The topological polar surface area (TPSA) is 57.6 Å². The Morgan fingerprint density at radius 2 is 1.70 bits per heavy atom. The molecule has 0 bridgehead atoms. The first-order valence-corrected chi connectivity index (χ1v) is 11.3. The van der Waals surface area contributed by atoms with Crippen molar-refractivity contribution in [2.45, 2.75) is 13.5 Å². The summed E-state index contributed by atoms with van der Waals surface area (Å²) in [5, 5.41) is 4.68. The van der Waals surface area contributed by atoms with Crippen LogP contribution in [0.15, 0.2) is 83.9 Å². The zero-order valence-corrected chi connectivity index (χ0v) is 19.0. The number of amides is 1. The highest BCUT2D eigenvalue weighted by Crippen LogP contribution is 2.23. The number of halogens is 1. The number of hydrogen-bond donors (Lipinski definition) is 1. The molecule has 1 N–H and O–H groups in total. The largest absolute Gasteiger partial charge is 0.353 e. The second-order valence-electron chi connectivity index (χ2n) is 8.10. The molecule has 0 unspecified atom stereocenters. The maximum absolute atomic E-state index is 12.8. The number of fused-ring (bicyclic) bond motifs is 1. The monoisotopic (exact) mass is 454 g/mol. The highest BCUT2D eigenvalue weighted by atomic mass is 35.5. The SMILES string of the molecule is CC1=NCCN1Cc1ccc2cc(NC(=O)c3ccc(-c4ccc(Cl)cc4)cc3)ccc2n1. The number of benzene rings is 3. The molecule has 164 valence electrons. The summed E-state index contributed by atoms with van der Waals surface area (Å²) in [6.45, 7) is 4.59. The van der Waals surface area contributed by atoms with Crippen LogP contribution in [0.1, 0.15) is 23.0 Å². The van der Waals surface area contributed by atoms with Crippen LogP contribution in [0.2, 0.25) is 5.02 Å². The van der Waals surface area contributed by atoms with E-state index in [0.717, 1.165) is 58.9 Å². The van der Waals surface area contributed by atoms with Gasteiger partial charge in [-0.25, -0.2) is 0 Å². The van der Waals surface area contributed by atoms with Gasteiger partial charge in [0.15, 0.2) is 0 Å². The maximum atomic E-state index is 12.8. The van der Waals surface area contributed by atoms with Crippen molar-refractivity contribution in [3.63, 3.8) is 0 Å². The smallest absolute Gasteiger partial charge is 0.255 e. The summed E-state index contributed by atoms with van der Waals surface area (Å²) in [6, 6.07) is 25.1. The van der Waals surface area contributed by atoms with Crippen molar-refractivity contribution in [1.82, 2.24) is 9.88 Å². The molecule has 6 heteroatoms. The lowest BCUT2D eigenvalue weighted by molar-refractivity contribution is 0.102. The number of rotatable bonds is 5. The van der Waals surface area contributed by atoms with Gasteiger partial charge in [0.2, 0.25) is 0 Å². The van der Waals surface area contributed by atoms with Crippen LogP contribution >= 0.6 is 11.6 Å².